The maximum absolute atomic E-state index is 13.1. The van der Waals surface area contributed by atoms with Gasteiger partial charge in [0.05, 0.1) is 6.54 Å². The van der Waals surface area contributed by atoms with Gasteiger partial charge >= 0.3 is 0 Å². The van der Waals surface area contributed by atoms with Crippen molar-refractivity contribution in [3.05, 3.63) is 66.0 Å². The topological polar surface area (TPSA) is 49.4 Å². The molecule has 0 heterocycles. The second-order valence-electron chi connectivity index (χ2n) is 5.29. The predicted octanol–water partition coefficient (Wildman–Crippen LogP) is 2.86. The van der Waals surface area contributed by atoms with Crippen molar-refractivity contribution in [1.82, 2.24) is 4.90 Å². The number of benzene rings is 2. The van der Waals surface area contributed by atoms with Gasteiger partial charge < -0.3 is 10.2 Å². The number of amides is 2. The molecular weight excluding hydrogens is 295 g/mol. The first-order valence-electron chi connectivity index (χ1n) is 7.38. The van der Waals surface area contributed by atoms with Gasteiger partial charge in [0.15, 0.2) is 0 Å². The third kappa shape index (κ3) is 5.54. The van der Waals surface area contributed by atoms with E-state index in [1.165, 1.54) is 23.1 Å². The summed E-state index contributed by atoms with van der Waals surface area (Å²) in [6, 6.07) is 15.3. The lowest BCUT2D eigenvalue weighted by atomic mass is 10.1. The van der Waals surface area contributed by atoms with Crippen molar-refractivity contribution in [3.8, 4) is 0 Å². The lowest BCUT2D eigenvalue weighted by Gasteiger charge is -2.17. The molecule has 2 aromatic rings. The van der Waals surface area contributed by atoms with Crippen molar-refractivity contribution in [2.45, 2.75) is 12.8 Å². The molecule has 0 atom stereocenters. The lowest BCUT2D eigenvalue weighted by Crippen LogP contribution is -2.35. The third-order valence-corrected chi connectivity index (χ3v) is 3.39. The number of likely N-dealkylation sites (N-methyl/N-ethyl adjacent to an activating group) is 1. The smallest absolute Gasteiger partial charge is 0.243 e. The van der Waals surface area contributed by atoms with Crippen LogP contribution in [0.5, 0.6) is 0 Å². The fraction of sp³-hybridized carbons (Fsp3) is 0.222. The van der Waals surface area contributed by atoms with Crippen LogP contribution in [0, 0.1) is 5.82 Å². The molecule has 2 amide bonds. The molecule has 120 valence electrons. The van der Waals surface area contributed by atoms with Crippen LogP contribution in [-0.2, 0) is 16.0 Å². The molecule has 0 saturated heterocycles. The number of nitrogens with zero attached hydrogens (tertiary/aromatic N) is 1. The van der Waals surface area contributed by atoms with Crippen LogP contribution in [0.2, 0.25) is 0 Å². The molecule has 0 aliphatic carbocycles. The quantitative estimate of drug-likeness (QED) is 0.891. The fourth-order valence-electron chi connectivity index (χ4n) is 2.16. The van der Waals surface area contributed by atoms with E-state index < -0.39 is 5.82 Å². The highest BCUT2D eigenvalue weighted by molar-refractivity contribution is 5.94. The van der Waals surface area contributed by atoms with E-state index in [1.54, 1.807) is 13.1 Å². The third-order valence-electron chi connectivity index (χ3n) is 3.39. The number of nitrogens with one attached hydrogen (secondary N) is 1. The zero-order chi connectivity index (χ0) is 16.7. The van der Waals surface area contributed by atoms with Crippen molar-refractivity contribution < 1.29 is 14.0 Å². The van der Waals surface area contributed by atoms with Crippen LogP contribution >= 0.6 is 0 Å². The summed E-state index contributed by atoms with van der Waals surface area (Å²) in [5, 5.41) is 2.57. The van der Waals surface area contributed by atoms with Crippen molar-refractivity contribution in [2.24, 2.45) is 0 Å². The minimum Gasteiger partial charge on any atom is -0.336 e. The normalized spacial score (nSPS) is 10.2. The SMILES string of the molecule is CN(CC(=O)Nc1cccc(F)c1)C(=O)CCc1ccccc1. The van der Waals surface area contributed by atoms with Crippen LogP contribution in [0.15, 0.2) is 54.6 Å². The molecule has 0 saturated carbocycles. The monoisotopic (exact) mass is 314 g/mol. The Hall–Kier alpha value is -2.69. The number of aryl methyl sites for hydroxylation is 1. The van der Waals surface area contributed by atoms with E-state index in [1.807, 2.05) is 30.3 Å². The zero-order valence-corrected chi connectivity index (χ0v) is 13.0. The van der Waals surface area contributed by atoms with Gasteiger partial charge in [0.1, 0.15) is 5.82 Å². The minimum atomic E-state index is -0.421. The van der Waals surface area contributed by atoms with E-state index >= 15 is 0 Å². The van der Waals surface area contributed by atoms with Crippen LogP contribution in [0.3, 0.4) is 0 Å². The van der Waals surface area contributed by atoms with Gasteiger partial charge in [0, 0.05) is 19.2 Å². The van der Waals surface area contributed by atoms with Crippen molar-refractivity contribution in [1.29, 1.82) is 0 Å². The van der Waals surface area contributed by atoms with E-state index in [-0.39, 0.29) is 18.4 Å². The number of anilines is 1. The molecular formula is C18H19FN2O2. The summed E-state index contributed by atoms with van der Waals surface area (Å²) in [5.74, 6) is -0.885. The second-order valence-corrected chi connectivity index (χ2v) is 5.29. The predicted molar refractivity (Wildman–Crippen MR) is 87.4 cm³/mol. The summed E-state index contributed by atoms with van der Waals surface area (Å²) in [6.45, 7) is -0.0653. The van der Waals surface area contributed by atoms with Crippen molar-refractivity contribution in [2.75, 3.05) is 18.9 Å². The Bertz CT molecular complexity index is 674. The molecule has 0 spiro atoms. The van der Waals surface area contributed by atoms with E-state index in [2.05, 4.69) is 5.32 Å². The molecule has 0 bridgehead atoms. The van der Waals surface area contributed by atoms with Crippen molar-refractivity contribution >= 4 is 17.5 Å². The molecule has 0 aliphatic heterocycles. The van der Waals surface area contributed by atoms with Crippen LogP contribution in [-0.4, -0.2) is 30.3 Å². The van der Waals surface area contributed by atoms with Gasteiger partial charge in [0.2, 0.25) is 11.8 Å². The first-order valence-corrected chi connectivity index (χ1v) is 7.38. The Balaban J connectivity index is 1.79. The number of hydrogen-bond acceptors (Lipinski definition) is 2. The average molecular weight is 314 g/mol. The van der Waals surface area contributed by atoms with Gasteiger partial charge in [-0.3, -0.25) is 9.59 Å². The van der Waals surface area contributed by atoms with Gasteiger partial charge in [-0.05, 0) is 30.2 Å². The molecule has 0 fully saturated rings. The molecule has 4 nitrogen and oxygen atoms in total. The van der Waals surface area contributed by atoms with Gasteiger partial charge in [-0.25, -0.2) is 4.39 Å². The molecule has 2 aromatic carbocycles. The number of carbonyl (C=O) groups excluding carboxylic acids is 2. The Morgan fingerprint density at radius 2 is 1.83 bits per heavy atom. The van der Waals surface area contributed by atoms with E-state index in [0.29, 0.717) is 18.5 Å². The largest absolute Gasteiger partial charge is 0.336 e. The van der Waals surface area contributed by atoms with Crippen LogP contribution in [0.25, 0.3) is 0 Å². The molecule has 0 radical (unpaired) electrons. The number of halogens is 1. The second kappa shape index (κ2) is 8.08. The highest BCUT2D eigenvalue weighted by Gasteiger charge is 2.13. The molecule has 0 aliphatic rings. The summed E-state index contributed by atoms with van der Waals surface area (Å²) in [5.41, 5.74) is 1.46. The van der Waals surface area contributed by atoms with E-state index in [0.717, 1.165) is 5.56 Å². The zero-order valence-electron chi connectivity index (χ0n) is 13.0. The Kier molecular flexibility index (Phi) is 5.86. The lowest BCUT2D eigenvalue weighted by molar-refractivity contribution is -0.133. The maximum Gasteiger partial charge on any atom is 0.243 e. The number of hydrogen-bond donors (Lipinski definition) is 1. The maximum atomic E-state index is 13.1. The summed E-state index contributed by atoms with van der Waals surface area (Å²) in [7, 11) is 1.58. The summed E-state index contributed by atoms with van der Waals surface area (Å²) >= 11 is 0. The van der Waals surface area contributed by atoms with Crippen LogP contribution in [0.1, 0.15) is 12.0 Å². The summed E-state index contributed by atoms with van der Waals surface area (Å²) < 4.78 is 13.1. The molecule has 2 rings (SSSR count). The Labute approximate surface area is 134 Å². The minimum absolute atomic E-state index is 0.0653. The average Bonchev–Trinajstić information content (AvgIpc) is 2.53. The van der Waals surface area contributed by atoms with Gasteiger partial charge in [0.25, 0.3) is 0 Å². The van der Waals surface area contributed by atoms with E-state index in [9.17, 15) is 14.0 Å². The summed E-state index contributed by atoms with van der Waals surface area (Å²) in [6.07, 6.45) is 0.975. The molecule has 0 unspecified atom stereocenters. The molecule has 1 N–H and O–H groups in total. The molecule has 23 heavy (non-hydrogen) atoms. The fourth-order valence-corrected chi connectivity index (χ4v) is 2.16. The van der Waals surface area contributed by atoms with Gasteiger partial charge in [-0.1, -0.05) is 36.4 Å². The van der Waals surface area contributed by atoms with Gasteiger partial charge in [-0.2, -0.15) is 0 Å². The Morgan fingerprint density at radius 3 is 2.52 bits per heavy atom. The first kappa shape index (κ1) is 16.7. The standard InChI is InChI=1S/C18H19FN2O2/c1-21(18(23)11-10-14-6-3-2-4-7-14)13-17(22)20-16-9-5-8-15(19)12-16/h2-9,12H,10-11,13H2,1H3,(H,20,22). The highest BCUT2D eigenvalue weighted by atomic mass is 19.1. The summed E-state index contributed by atoms with van der Waals surface area (Å²) in [4.78, 5) is 25.3. The van der Waals surface area contributed by atoms with Crippen LogP contribution in [0.4, 0.5) is 10.1 Å². The first-order chi connectivity index (χ1) is 11.0. The van der Waals surface area contributed by atoms with E-state index in [4.69, 9.17) is 0 Å². The highest BCUT2D eigenvalue weighted by Crippen LogP contribution is 2.09. The Morgan fingerprint density at radius 1 is 1.09 bits per heavy atom. The molecule has 5 heteroatoms. The molecule has 0 aromatic heterocycles. The van der Waals surface area contributed by atoms with Crippen LogP contribution < -0.4 is 5.32 Å². The number of carbonyl (C=O) groups is 2. The van der Waals surface area contributed by atoms with Crippen molar-refractivity contribution in [3.63, 3.8) is 0 Å². The number of rotatable bonds is 6. The van der Waals surface area contributed by atoms with Gasteiger partial charge in [-0.15, -0.1) is 0 Å².